The van der Waals surface area contributed by atoms with Crippen molar-refractivity contribution in [1.29, 1.82) is 0 Å². The van der Waals surface area contributed by atoms with Crippen molar-refractivity contribution in [3.63, 3.8) is 0 Å². The highest BCUT2D eigenvalue weighted by molar-refractivity contribution is 5.40. The van der Waals surface area contributed by atoms with E-state index in [-0.39, 0.29) is 0 Å². The Kier molecular flexibility index (Phi) is 8.07. The topological polar surface area (TPSA) is 39.7 Å². The summed E-state index contributed by atoms with van der Waals surface area (Å²) >= 11 is 0. The van der Waals surface area contributed by atoms with Crippen LogP contribution in [0, 0.1) is 5.92 Å². The Morgan fingerprint density at radius 2 is 1.95 bits per heavy atom. The quantitative estimate of drug-likeness (QED) is 0.669. The molecule has 0 aliphatic rings. The summed E-state index contributed by atoms with van der Waals surface area (Å²) in [5, 5.41) is 3.13. The van der Waals surface area contributed by atoms with Gasteiger partial charge in [-0.05, 0) is 37.6 Å². The highest BCUT2D eigenvalue weighted by Crippen LogP contribution is 2.24. The van der Waals surface area contributed by atoms with E-state index < -0.39 is 0 Å². The maximum absolute atomic E-state index is 5.78. The van der Waals surface area contributed by atoms with Crippen molar-refractivity contribution in [2.45, 2.75) is 26.8 Å². The SMILES string of the molecule is CNCc1cc(OC)ccc1OCCOCCC(C)C. The van der Waals surface area contributed by atoms with Crippen molar-refractivity contribution in [3.05, 3.63) is 23.8 Å². The number of benzene rings is 1. The molecule has 0 unspecified atom stereocenters. The van der Waals surface area contributed by atoms with Gasteiger partial charge in [-0.2, -0.15) is 0 Å². The van der Waals surface area contributed by atoms with Crippen LogP contribution >= 0.6 is 0 Å². The van der Waals surface area contributed by atoms with Crippen LogP contribution in [0.1, 0.15) is 25.8 Å². The number of nitrogens with one attached hydrogen (secondary N) is 1. The van der Waals surface area contributed by atoms with Crippen molar-refractivity contribution in [3.8, 4) is 11.5 Å². The van der Waals surface area contributed by atoms with Gasteiger partial charge in [0.05, 0.1) is 13.7 Å². The van der Waals surface area contributed by atoms with Crippen LogP contribution in [0.3, 0.4) is 0 Å². The van der Waals surface area contributed by atoms with Crippen molar-refractivity contribution < 1.29 is 14.2 Å². The molecule has 1 rings (SSSR count). The summed E-state index contributed by atoms with van der Waals surface area (Å²) in [4.78, 5) is 0. The van der Waals surface area contributed by atoms with Gasteiger partial charge in [0.15, 0.2) is 0 Å². The van der Waals surface area contributed by atoms with Crippen LogP contribution in [-0.4, -0.2) is 34.0 Å². The van der Waals surface area contributed by atoms with Crippen LogP contribution in [0.4, 0.5) is 0 Å². The molecule has 0 heterocycles. The first kappa shape index (κ1) is 16.8. The molecule has 0 atom stereocenters. The zero-order valence-electron chi connectivity index (χ0n) is 13.1. The van der Waals surface area contributed by atoms with Gasteiger partial charge in [0.1, 0.15) is 18.1 Å². The monoisotopic (exact) mass is 281 g/mol. The molecule has 20 heavy (non-hydrogen) atoms. The van der Waals surface area contributed by atoms with Gasteiger partial charge in [-0.1, -0.05) is 13.8 Å². The maximum Gasteiger partial charge on any atom is 0.124 e. The standard InChI is InChI=1S/C16H27NO3/c1-13(2)7-8-19-9-10-20-16-6-5-15(18-4)11-14(16)12-17-3/h5-6,11,13,17H,7-10,12H2,1-4H3. The molecule has 1 N–H and O–H groups in total. The van der Waals surface area contributed by atoms with E-state index in [2.05, 4.69) is 19.2 Å². The second-order valence-corrected chi connectivity index (χ2v) is 5.15. The van der Waals surface area contributed by atoms with E-state index in [0.717, 1.165) is 36.6 Å². The Balaban J connectivity index is 2.38. The molecule has 0 spiro atoms. The van der Waals surface area contributed by atoms with Crippen molar-refractivity contribution in [2.75, 3.05) is 34.0 Å². The maximum atomic E-state index is 5.78. The zero-order valence-corrected chi connectivity index (χ0v) is 13.1. The lowest BCUT2D eigenvalue weighted by Crippen LogP contribution is -2.12. The largest absolute Gasteiger partial charge is 0.497 e. The molecular formula is C16H27NO3. The summed E-state index contributed by atoms with van der Waals surface area (Å²) in [5.74, 6) is 2.41. The predicted octanol–water partition coefficient (Wildman–Crippen LogP) is 2.86. The van der Waals surface area contributed by atoms with Gasteiger partial charge in [-0.25, -0.2) is 0 Å². The molecule has 0 radical (unpaired) electrons. The number of methoxy groups -OCH3 is 1. The second kappa shape index (κ2) is 9.61. The molecular weight excluding hydrogens is 254 g/mol. The zero-order chi connectivity index (χ0) is 14.8. The van der Waals surface area contributed by atoms with Gasteiger partial charge in [0, 0.05) is 18.7 Å². The highest BCUT2D eigenvalue weighted by atomic mass is 16.5. The smallest absolute Gasteiger partial charge is 0.124 e. The minimum absolute atomic E-state index is 0.571. The summed E-state index contributed by atoms with van der Waals surface area (Å²) in [6.07, 6.45) is 1.09. The molecule has 0 aromatic heterocycles. The molecule has 4 nitrogen and oxygen atoms in total. The van der Waals surface area contributed by atoms with Gasteiger partial charge in [-0.15, -0.1) is 0 Å². The fourth-order valence-electron chi connectivity index (χ4n) is 1.78. The first-order valence-corrected chi connectivity index (χ1v) is 7.19. The lowest BCUT2D eigenvalue weighted by Gasteiger charge is -2.13. The minimum Gasteiger partial charge on any atom is -0.497 e. The molecule has 1 aromatic carbocycles. The third-order valence-electron chi connectivity index (χ3n) is 2.96. The molecule has 4 heteroatoms. The van der Waals surface area contributed by atoms with Crippen molar-refractivity contribution in [1.82, 2.24) is 5.32 Å². The van der Waals surface area contributed by atoms with E-state index in [1.165, 1.54) is 0 Å². The van der Waals surface area contributed by atoms with Gasteiger partial charge in [0.25, 0.3) is 0 Å². The molecule has 0 saturated carbocycles. The number of ether oxygens (including phenoxy) is 3. The van der Waals surface area contributed by atoms with Crippen LogP contribution in [0.5, 0.6) is 11.5 Å². The molecule has 114 valence electrons. The molecule has 0 amide bonds. The Bertz CT molecular complexity index is 380. The Labute approximate surface area is 122 Å². The summed E-state index contributed by atoms with van der Waals surface area (Å²) in [5.41, 5.74) is 1.09. The molecule has 0 aliphatic heterocycles. The van der Waals surface area contributed by atoms with Gasteiger partial charge < -0.3 is 19.5 Å². The third kappa shape index (κ3) is 6.26. The minimum atomic E-state index is 0.571. The van der Waals surface area contributed by atoms with E-state index in [0.29, 0.717) is 19.1 Å². The number of hydrogen-bond donors (Lipinski definition) is 1. The van der Waals surface area contributed by atoms with Crippen molar-refractivity contribution in [2.24, 2.45) is 5.92 Å². The van der Waals surface area contributed by atoms with E-state index in [4.69, 9.17) is 14.2 Å². The lowest BCUT2D eigenvalue weighted by molar-refractivity contribution is 0.0922. The van der Waals surface area contributed by atoms with Crippen LogP contribution in [0.2, 0.25) is 0 Å². The van der Waals surface area contributed by atoms with Gasteiger partial charge >= 0.3 is 0 Å². The number of rotatable bonds is 10. The fourth-order valence-corrected chi connectivity index (χ4v) is 1.78. The molecule has 0 fully saturated rings. The van der Waals surface area contributed by atoms with Crippen LogP contribution in [0.25, 0.3) is 0 Å². The Hall–Kier alpha value is -1.26. The normalized spacial score (nSPS) is 10.8. The Morgan fingerprint density at radius 1 is 1.15 bits per heavy atom. The van der Waals surface area contributed by atoms with Gasteiger partial charge in [-0.3, -0.25) is 0 Å². The summed E-state index contributed by atoms with van der Waals surface area (Å²) in [6.45, 7) is 7.13. The fraction of sp³-hybridized carbons (Fsp3) is 0.625. The van der Waals surface area contributed by atoms with Crippen molar-refractivity contribution >= 4 is 0 Å². The van der Waals surface area contributed by atoms with Crippen LogP contribution < -0.4 is 14.8 Å². The van der Waals surface area contributed by atoms with Crippen LogP contribution in [-0.2, 0) is 11.3 Å². The average Bonchev–Trinajstić information content (AvgIpc) is 2.43. The lowest BCUT2D eigenvalue weighted by atomic mass is 10.1. The van der Waals surface area contributed by atoms with Crippen LogP contribution in [0.15, 0.2) is 18.2 Å². The summed E-state index contributed by atoms with van der Waals surface area (Å²) in [7, 11) is 3.58. The summed E-state index contributed by atoms with van der Waals surface area (Å²) < 4.78 is 16.5. The number of hydrogen-bond acceptors (Lipinski definition) is 4. The molecule has 1 aromatic rings. The first-order valence-electron chi connectivity index (χ1n) is 7.19. The van der Waals surface area contributed by atoms with E-state index in [1.807, 2.05) is 25.2 Å². The highest BCUT2D eigenvalue weighted by Gasteiger charge is 2.05. The molecule has 0 saturated heterocycles. The molecule has 0 bridgehead atoms. The molecule has 0 aliphatic carbocycles. The third-order valence-corrected chi connectivity index (χ3v) is 2.96. The van der Waals surface area contributed by atoms with E-state index >= 15 is 0 Å². The first-order chi connectivity index (χ1) is 9.67. The second-order valence-electron chi connectivity index (χ2n) is 5.15. The summed E-state index contributed by atoms with van der Waals surface area (Å²) in [6, 6.07) is 5.85. The Morgan fingerprint density at radius 3 is 2.60 bits per heavy atom. The van der Waals surface area contributed by atoms with E-state index in [1.54, 1.807) is 7.11 Å². The van der Waals surface area contributed by atoms with E-state index in [9.17, 15) is 0 Å². The van der Waals surface area contributed by atoms with Gasteiger partial charge in [0.2, 0.25) is 0 Å². The predicted molar refractivity (Wildman–Crippen MR) is 81.5 cm³/mol. The average molecular weight is 281 g/mol.